The molecule has 12 heavy (non-hydrogen) atoms. The monoisotopic (exact) mass is 166 g/mol. The molecule has 1 N–H and O–H groups in total. The molecule has 1 aliphatic heterocycles. The maximum Gasteiger partial charge on any atom is 0.119 e. The van der Waals surface area contributed by atoms with Gasteiger partial charge in [0.25, 0.3) is 0 Å². The molecule has 2 heterocycles. The highest BCUT2D eigenvalue weighted by Gasteiger charge is 2.12. The van der Waals surface area contributed by atoms with E-state index < -0.39 is 0 Å². The zero-order valence-electron chi connectivity index (χ0n) is 7.11. The van der Waals surface area contributed by atoms with E-state index in [2.05, 4.69) is 20.1 Å². The molecule has 1 fully saturated rings. The Hall–Kier alpha value is -0.900. The minimum atomic E-state index is 0.606. The van der Waals surface area contributed by atoms with Gasteiger partial charge in [0.15, 0.2) is 0 Å². The van der Waals surface area contributed by atoms with E-state index in [4.69, 9.17) is 0 Å². The van der Waals surface area contributed by atoms with Gasteiger partial charge >= 0.3 is 0 Å². The summed E-state index contributed by atoms with van der Waals surface area (Å²) in [5, 5.41) is 11.0. The standard InChI is InChI=1S/C8H14N4/c1-2-8(3-5-9-4-1)12-6-10-11-7-12/h6-9H,1-5H2. The number of hydrogen-bond acceptors (Lipinski definition) is 3. The van der Waals surface area contributed by atoms with Gasteiger partial charge in [-0.3, -0.25) is 0 Å². The molecule has 0 aliphatic carbocycles. The predicted octanol–water partition coefficient (Wildman–Crippen LogP) is 0.593. The van der Waals surface area contributed by atoms with E-state index in [1.807, 2.05) is 12.7 Å². The van der Waals surface area contributed by atoms with Gasteiger partial charge in [0.2, 0.25) is 0 Å². The summed E-state index contributed by atoms with van der Waals surface area (Å²) >= 11 is 0. The van der Waals surface area contributed by atoms with Crippen LogP contribution in [0, 0.1) is 0 Å². The predicted molar refractivity (Wildman–Crippen MR) is 45.8 cm³/mol. The molecule has 1 atom stereocenters. The van der Waals surface area contributed by atoms with Crippen molar-refractivity contribution in [3.63, 3.8) is 0 Å². The van der Waals surface area contributed by atoms with Crippen molar-refractivity contribution in [3.05, 3.63) is 12.7 Å². The highest BCUT2D eigenvalue weighted by atomic mass is 15.2. The van der Waals surface area contributed by atoms with Crippen molar-refractivity contribution in [1.29, 1.82) is 0 Å². The van der Waals surface area contributed by atoms with Crippen LogP contribution in [-0.2, 0) is 0 Å². The quantitative estimate of drug-likeness (QED) is 0.664. The van der Waals surface area contributed by atoms with Crippen molar-refractivity contribution in [3.8, 4) is 0 Å². The van der Waals surface area contributed by atoms with Crippen LogP contribution < -0.4 is 5.32 Å². The van der Waals surface area contributed by atoms with E-state index in [1.165, 1.54) is 19.3 Å². The van der Waals surface area contributed by atoms with Gasteiger partial charge in [-0.2, -0.15) is 0 Å². The van der Waals surface area contributed by atoms with Crippen molar-refractivity contribution in [2.24, 2.45) is 0 Å². The smallest absolute Gasteiger partial charge is 0.119 e. The van der Waals surface area contributed by atoms with Crippen LogP contribution in [0.1, 0.15) is 25.3 Å². The molecule has 4 heteroatoms. The maximum absolute atomic E-state index is 3.82. The van der Waals surface area contributed by atoms with Crippen molar-refractivity contribution >= 4 is 0 Å². The minimum absolute atomic E-state index is 0.606. The van der Waals surface area contributed by atoms with Gasteiger partial charge in [-0.1, -0.05) is 0 Å². The second-order valence-corrected chi connectivity index (χ2v) is 3.24. The Balaban J connectivity index is 2.02. The first-order chi connectivity index (χ1) is 5.97. The van der Waals surface area contributed by atoms with Gasteiger partial charge in [-0.05, 0) is 32.4 Å². The summed E-state index contributed by atoms with van der Waals surface area (Å²) in [5.41, 5.74) is 0. The second kappa shape index (κ2) is 3.67. The summed E-state index contributed by atoms with van der Waals surface area (Å²) in [6.45, 7) is 2.27. The van der Waals surface area contributed by atoms with Crippen LogP contribution >= 0.6 is 0 Å². The molecule has 1 aromatic rings. The first-order valence-electron chi connectivity index (χ1n) is 4.51. The molecule has 0 spiro atoms. The average molecular weight is 166 g/mol. The molecule has 0 aromatic carbocycles. The number of nitrogens with one attached hydrogen (secondary N) is 1. The molecule has 0 bridgehead atoms. The van der Waals surface area contributed by atoms with E-state index >= 15 is 0 Å². The Bertz CT molecular complexity index is 211. The number of hydrogen-bond donors (Lipinski definition) is 1. The first-order valence-corrected chi connectivity index (χ1v) is 4.51. The zero-order valence-corrected chi connectivity index (χ0v) is 7.11. The topological polar surface area (TPSA) is 42.7 Å². The van der Waals surface area contributed by atoms with Gasteiger partial charge in [0.1, 0.15) is 12.7 Å². The molecule has 66 valence electrons. The summed E-state index contributed by atoms with van der Waals surface area (Å²) in [4.78, 5) is 0. The molecule has 1 aromatic heterocycles. The highest BCUT2D eigenvalue weighted by molar-refractivity contribution is 4.75. The van der Waals surface area contributed by atoms with Crippen molar-refractivity contribution in [2.75, 3.05) is 13.1 Å². The van der Waals surface area contributed by atoms with Gasteiger partial charge in [-0.25, -0.2) is 0 Å². The third kappa shape index (κ3) is 1.64. The van der Waals surface area contributed by atoms with Crippen molar-refractivity contribution in [1.82, 2.24) is 20.1 Å². The SMILES string of the molecule is c1nncn1C1CCCNCC1. The van der Waals surface area contributed by atoms with E-state index in [-0.39, 0.29) is 0 Å². The Kier molecular flexibility index (Phi) is 2.36. The summed E-state index contributed by atoms with van der Waals surface area (Å²) in [5.74, 6) is 0. The molecule has 0 saturated carbocycles. The van der Waals surface area contributed by atoms with E-state index in [0.29, 0.717) is 6.04 Å². The normalized spacial score (nSPS) is 25.2. The Morgan fingerprint density at radius 3 is 2.83 bits per heavy atom. The lowest BCUT2D eigenvalue weighted by Gasteiger charge is -2.13. The van der Waals surface area contributed by atoms with Crippen molar-refractivity contribution in [2.45, 2.75) is 25.3 Å². The van der Waals surface area contributed by atoms with E-state index in [9.17, 15) is 0 Å². The fraction of sp³-hybridized carbons (Fsp3) is 0.750. The fourth-order valence-corrected chi connectivity index (χ4v) is 1.70. The molecule has 1 unspecified atom stereocenters. The Morgan fingerprint density at radius 1 is 1.17 bits per heavy atom. The first kappa shape index (κ1) is 7.73. The van der Waals surface area contributed by atoms with Gasteiger partial charge in [0.05, 0.1) is 0 Å². The lowest BCUT2D eigenvalue weighted by Crippen LogP contribution is -2.14. The molecule has 4 nitrogen and oxygen atoms in total. The molecule has 2 rings (SSSR count). The van der Waals surface area contributed by atoms with Gasteiger partial charge in [0, 0.05) is 6.04 Å². The minimum Gasteiger partial charge on any atom is -0.317 e. The van der Waals surface area contributed by atoms with Crippen LogP contribution in [-0.4, -0.2) is 27.9 Å². The average Bonchev–Trinajstić information content (AvgIpc) is 2.48. The van der Waals surface area contributed by atoms with Crippen LogP contribution in [0.2, 0.25) is 0 Å². The molecule has 1 saturated heterocycles. The third-order valence-electron chi connectivity index (χ3n) is 2.40. The van der Waals surface area contributed by atoms with E-state index in [0.717, 1.165) is 13.1 Å². The number of rotatable bonds is 1. The lowest BCUT2D eigenvalue weighted by atomic mass is 10.1. The zero-order chi connectivity index (χ0) is 8.23. The fourth-order valence-electron chi connectivity index (χ4n) is 1.70. The number of aromatic nitrogens is 3. The molecular weight excluding hydrogens is 152 g/mol. The summed E-state index contributed by atoms with van der Waals surface area (Å²) < 4.78 is 2.12. The van der Waals surface area contributed by atoms with Crippen molar-refractivity contribution < 1.29 is 0 Å². The van der Waals surface area contributed by atoms with Crippen LogP contribution in [0.3, 0.4) is 0 Å². The van der Waals surface area contributed by atoms with E-state index in [1.54, 1.807) is 0 Å². The largest absolute Gasteiger partial charge is 0.317 e. The molecule has 0 radical (unpaired) electrons. The third-order valence-corrected chi connectivity index (χ3v) is 2.40. The molecule has 1 aliphatic rings. The van der Waals surface area contributed by atoms with Crippen LogP contribution in [0.4, 0.5) is 0 Å². The lowest BCUT2D eigenvalue weighted by molar-refractivity contribution is 0.453. The number of nitrogens with zero attached hydrogens (tertiary/aromatic N) is 3. The van der Waals surface area contributed by atoms with Crippen LogP contribution in [0.15, 0.2) is 12.7 Å². The maximum atomic E-state index is 3.82. The Morgan fingerprint density at radius 2 is 2.00 bits per heavy atom. The summed E-state index contributed by atoms with van der Waals surface area (Å²) in [6.07, 6.45) is 7.32. The summed E-state index contributed by atoms with van der Waals surface area (Å²) in [6, 6.07) is 0.606. The van der Waals surface area contributed by atoms with Crippen LogP contribution in [0.25, 0.3) is 0 Å². The van der Waals surface area contributed by atoms with Gasteiger partial charge < -0.3 is 9.88 Å². The van der Waals surface area contributed by atoms with Crippen LogP contribution in [0.5, 0.6) is 0 Å². The molecular formula is C8H14N4. The molecule has 0 amide bonds. The highest BCUT2D eigenvalue weighted by Crippen LogP contribution is 2.18. The van der Waals surface area contributed by atoms with Gasteiger partial charge in [-0.15, -0.1) is 10.2 Å². The summed E-state index contributed by atoms with van der Waals surface area (Å²) in [7, 11) is 0. The second-order valence-electron chi connectivity index (χ2n) is 3.24. The Labute approximate surface area is 72.0 Å².